The van der Waals surface area contributed by atoms with Gasteiger partial charge in [0.2, 0.25) is 17.7 Å². The molecule has 2 aromatic carbocycles. The fraction of sp³-hybridized carbons (Fsp3) is 0.583. The third-order valence-electron chi connectivity index (χ3n) is 10.2. The number of hydrogen-bond donors (Lipinski definition) is 3. The topological polar surface area (TPSA) is 120 Å². The lowest BCUT2D eigenvalue weighted by Gasteiger charge is -2.38. The molecule has 3 saturated heterocycles. The first-order chi connectivity index (χ1) is 22.1. The van der Waals surface area contributed by atoms with Crippen molar-refractivity contribution < 1.29 is 29.0 Å². The summed E-state index contributed by atoms with van der Waals surface area (Å²) in [5.41, 5.74) is 0.192. The largest absolute Gasteiger partial charge is 0.494 e. The van der Waals surface area contributed by atoms with Gasteiger partial charge in [-0.05, 0) is 101 Å². The van der Waals surface area contributed by atoms with E-state index in [9.17, 15) is 19.5 Å². The molecular formula is C36H50N4O6. The van der Waals surface area contributed by atoms with Crippen molar-refractivity contribution in [1.82, 2.24) is 4.90 Å². The van der Waals surface area contributed by atoms with Crippen LogP contribution in [0.4, 0.5) is 17.1 Å². The smallest absolute Gasteiger partial charge is 0.250 e. The van der Waals surface area contributed by atoms with Crippen LogP contribution >= 0.6 is 0 Å². The fourth-order valence-electron chi connectivity index (χ4n) is 8.14. The summed E-state index contributed by atoms with van der Waals surface area (Å²) < 4.78 is 12.4. The van der Waals surface area contributed by atoms with Gasteiger partial charge in [-0.15, -0.1) is 0 Å². The Kier molecular flexibility index (Phi) is 9.98. The molecule has 0 aliphatic carbocycles. The van der Waals surface area contributed by atoms with Gasteiger partial charge >= 0.3 is 0 Å². The summed E-state index contributed by atoms with van der Waals surface area (Å²) in [7, 11) is 0. The van der Waals surface area contributed by atoms with Crippen LogP contribution < -0.4 is 20.3 Å². The average Bonchev–Trinajstić information content (AvgIpc) is 3.65. The molecule has 46 heavy (non-hydrogen) atoms. The first kappa shape index (κ1) is 33.7. The molecule has 1 spiro atoms. The number of aliphatic hydroxyl groups excluding tert-OH is 1. The summed E-state index contributed by atoms with van der Waals surface area (Å²) >= 11 is 0. The molecule has 10 heteroatoms. The zero-order valence-electron chi connectivity index (χ0n) is 28.0. The number of carbonyl (C=O) groups excluding carboxylic acids is 3. The second-order valence-corrected chi connectivity index (χ2v) is 13.2. The third-order valence-corrected chi connectivity index (χ3v) is 10.2. The zero-order valence-corrected chi connectivity index (χ0v) is 28.0. The van der Waals surface area contributed by atoms with Gasteiger partial charge in [-0.1, -0.05) is 20.8 Å². The van der Waals surface area contributed by atoms with E-state index in [1.807, 2.05) is 52.0 Å². The minimum atomic E-state index is -1.19. The number of anilines is 3. The van der Waals surface area contributed by atoms with Gasteiger partial charge in [0.05, 0.1) is 36.7 Å². The Morgan fingerprint density at radius 3 is 2.13 bits per heavy atom. The molecule has 3 N–H and O–H groups in total. The van der Waals surface area contributed by atoms with Gasteiger partial charge in [0.25, 0.3) is 0 Å². The Morgan fingerprint density at radius 1 is 0.978 bits per heavy atom. The molecule has 2 bridgehead atoms. The lowest BCUT2D eigenvalue weighted by Crippen LogP contribution is -2.56. The highest BCUT2D eigenvalue weighted by Gasteiger charge is 2.79. The van der Waals surface area contributed by atoms with Crippen molar-refractivity contribution in [3.05, 3.63) is 48.5 Å². The van der Waals surface area contributed by atoms with Crippen LogP contribution in [0.3, 0.4) is 0 Å². The maximum atomic E-state index is 14.6. The number of hydrogen-bond acceptors (Lipinski definition) is 7. The Labute approximate surface area is 272 Å². The molecule has 6 atom stereocenters. The molecule has 0 aromatic heterocycles. The van der Waals surface area contributed by atoms with Gasteiger partial charge in [-0.2, -0.15) is 0 Å². The van der Waals surface area contributed by atoms with E-state index in [0.717, 1.165) is 18.8 Å². The molecule has 2 aromatic rings. The van der Waals surface area contributed by atoms with Gasteiger partial charge < -0.3 is 35.0 Å². The fourth-order valence-corrected chi connectivity index (χ4v) is 8.14. The number of carbonyl (C=O) groups is 3. The molecule has 10 nitrogen and oxygen atoms in total. The van der Waals surface area contributed by atoms with Crippen LogP contribution in [0.25, 0.3) is 0 Å². The number of nitrogens with one attached hydrogen (secondary N) is 2. The molecule has 3 aliphatic rings. The number of nitrogens with zero attached hydrogens (tertiary/aromatic N) is 2. The molecule has 0 saturated carbocycles. The Balaban J connectivity index is 1.49. The van der Waals surface area contributed by atoms with E-state index in [1.165, 1.54) is 0 Å². The molecule has 0 radical (unpaired) electrons. The van der Waals surface area contributed by atoms with Crippen LogP contribution in [0.15, 0.2) is 48.5 Å². The van der Waals surface area contributed by atoms with E-state index >= 15 is 0 Å². The van der Waals surface area contributed by atoms with Crippen molar-refractivity contribution in [2.75, 3.05) is 41.8 Å². The predicted molar refractivity (Wildman–Crippen MR) is 179 cm³/mol. The Hall–Kier alpha value is -3.63. The predicted octanol–water partition coefficient (Wildman–Crippen LogP) is 5.07. The van der Waals surface area contributed by atoms with Crippen molar-refractivity contribution in [3.63, 3.8) is 0 Å². The van der Waals surface area contributed by atoms with E-state index in [1.54, 1.807) is 29.2 Å². The number of likely N-dealkylation sites (tertiary alicyclic amines) is 1. The molecule has 250 valence electrons. The van der Waals surface area contributed by atoms with Crippen molar-refractivity contribution in [2.45, 2.75) is 90.5 Å². The summed E-state index contributed by atoms with van der Waals surface area (Å²) in [6.45, 7) is 14.1. The van der Waals surface area contributed by atoms with Crippen molar-refractivity contribution in [3.8, 4) is 5.75 Å². The highest BCUT2D eigenvalue weighted by Crippen LogP contribution is 2.64. The second-order valence-electron chi connectivity index (χ2n) is 13.2. The summed E-state index contributed by atoms with van der Waals surface area (Å²) in [5.74, 6) is -1.76. The molecule has 5 rings (SSSR count). The molecule has 3 aliphatic heterocycles. The minimum absolute atomic E-state index is 0.164. The number of amides is 3. The third kappa shape index (κ3) is 5.86. The number of fused-ring (bicyclic) bond motifs is 1. The molecule has 3 amide bonds. The monoisotopic (exact) mass is 634 g/mol. The lowest BCUT2D eigenvalue weighted by atomic mass is 9.65. The van der Waals surface area contributed by atoms with Crippen LogP contribution in [-0.2, 0) is 19.1 Å². The summed E-state index contributed by atoms with van der Waals surface area (Å²) in [6, 6.07) is 13.2. The molecule has 3 fully saturated rings. The highest BCUT2D eigenvalue weighted by atomic mass is 16.5. The molecule has 3 heterocycles. The average molecular weight is 635 g/mol. The maximum absolute atomic E-state index is 14.6. The Morgan fingerprint density at radius 2 is 1.59 bits per heavy atom. The van der Waals surface area contributed by atoms with E-state index in [2.05, 4.69) is 29.4 Å². The van der Waals surface area contributed by atoms with Gasteiger partial charge in [-0.3, -0.25) is 14.4 Å². The Bertz CT molecular complexity index is 1390. The van der Waals surface area contributed by atoms with E-state index in [-0.39, 0.29) is 30.2 Å². The van der Waals surface area contributed by atoms with E-state index < -0.39 is 35.1 Å². The lowest BCUT2D eigenvalue weighted by molar-refractivity contribution is -0.148. The van der Waals surface area contributed by atoms with Gasteiger partial charge in [0, 0.05) is 30.2 Å². The highest BCUT2D eigenvalue weighted by molar-refractivity contribution is 6.05. The van der Waals surface area contributed by atoms with Crippen LogP contribution in [-0.4, -0.2) is 77.3 Å². The maximum Gasteiger partial charge on any atom is 0.250 e. The summed E-state index contributed by atoms with van der Waals surface area (Å²) in [6.07, 6.45) is 2.06. The second kappa shape index (κ2) is 13.6. The van der Waals surface area contributed by atoms with Gasteiger partial charge in [-0.25, -0.2) is 0 Å². The van der Waals surface area contributed by atoms with E-state index in [0.29, 0.717) is 49.4 Å². The zero-order chi connectivity index (χ0) is 33.2. The number of benzene rings is 2. The number of aliphatic hydroxyl groups is 1. The summed E-state index contributed by atoms with van der Waals surface area (Å²) in [5, 5.41) is 16.7. The van der Waals surface area contributed by atoms with Crippen LogP contribution in [0.2, 0.25) is 0 Å². The van der Waals surface area contributed by atoms with Crippen LogP contribution in [0.5, 0.6) is 5.75 Å². The van der Waals surface area contributed by atoms with Crippen LogP contribution in [0, 0.1) is 17.8 Å². The normalized spacial score (nSPS) is 27.1. The van der Waals surface area contributed by atoms with Crippen molar-refractivity contribution >= 4 is 34.8 Å². The number of ether oxygens (including phenoxy) is 2. The number of rotatable bonds is 14. The first-order valence-electron chi connectivity index (χ1n) is 16.9. The van der Waals surface area contributed by atoms with E-state index in [4.69, 9.17) is 9.47 Å². The first-order valence-corrected chi connectivity index (χ1v) is 16.9. The van der Waals surface area contributed by atoms with Crippen molar-refractivity contribution in [1.29, 1.82) is 0 Å². The van der Waals surface area contributed by atoms with Gasteiger partial charge in [0.15, 0.2) is 0 Å². The standard InChI is InChI=1S/C36H50N4O6/c1-7-35-19-20-36(46-35)30(29(35)32(42)37-25-13-17-28(18-14-25)45-10-4)34(44)40(27(22-41)21-23(5)6)31(36)33(43)38-24-11-15-26(16-12-24)39(8-2)9-3/h11-18,23,27,29-31,41H,7-10,19-22H2,1-6H3,(H,37,42)(H,38,43)/t27-,29+,30+,31?,35-,36?/m1/s1. The van der Waals surface area contributed by atoms with Gasteiger partial charge in [0.1, 0.15) is 17.4 Å². The minimum Gasteiger partial charge on any atom is -0.494 e. The quantitative estimate of drug-likeness (QED) is 0.265. The summed E-state index contributed by atoms with van der Waals surface area (Å²) in [4.78, 5) is 46.9. The van der Waals surface area contributed by atoms with Crippen LogP contribution in [0.1, 0.15) is 67.2 Å². The molecular weight excluding hydrogens is 584 g/mol. The SMILES string of the molecule is CCOc1ccc(NC(=O)[C@@H]2[C@H]3C(=O)N([C@@H](CO)CC(C)C)C(C(=O)Nc4ccc(N(CC)CC)cc4)C34CC[C@@]2(CC)O4)cc1. The van der Waals surface area contributed by atoms with Crippen molar-refractivity contribution in [2.24, 2.45) is 17.8 Å². The molecule has 2 unspecified atom stereocenters.